The minimum Gasteiger partial charge on any atom is -0.497 e. The van der Waals surface area contributed by atoms with Crippen molar-refractivity contribution in [2.24, 2.45) is 0 Å². The summed E-state index contributed by atoms with van der Waals surface area (Å²) in [5, 5.41) is 11.3. The average Bonchev–Trinajstić information content (AvgIpc) is 3.42. The van der Waals surface area contributed by atoms with Crippen LogP contribution in [-0.4, -0.2) is 52.4 Å². The van der Waals surface area contributed by atoms with Gasteiger partial charge >= 0.3 is 0 Å². The van der Waals surface area contributed by atoms with E-state index in [0.29, 0.717) is 28.6 Å². The van der Waals surface area contributed by atoms with Gasteiger partial charge in [0.05, 0.1) is 25.2 Å². The molecule has 1 heterocycles. The van der Waals surface area contributed by atoms with Gasteiger partial charge in [-0.25, -0.2) is 4.68 Å². The molecule has 1 aliphatic rings. The van der Waals surface area contributed by atoms with Crippen molar-refractivity contribution < 1.29 is 14.3 Å². The molecule has 2 aromatic carbocycles. The molecule has 1 fully saturated rings. The van der Waals surface area contributed by atoms with Crippen molar-refractivity contribution in [3.8, 4) is 5.75 Å². The number of ether oxygens (including phenoxy) is 1. The number of hydrogen-bond donors (Lipinski definition) is 1. The monoisotopic (exact) mass is 407 g/mol. The lowest BCUT2D eigenvalue weighted by molar-refractivity contribution is -0.116. The van der Waals surface area contributed by atoms with Crippen molar-refractivity contribution >= 4 is 28.5 Å². The summed E-state index contributed by atoms with van der Waals surface area (Å²) >= 11 is 0. The fraction of sp³-hybridized carbons (Fsp3) is 0.364. The number of aromatic nitrogens is 3. The number of carbonyl (C=O) groups excluding carboxylic acids is 2. The minimum absolute atomic E-state index is 0.0579. The van der Waals surface area contributed by atoms with Gasteiger partial charge in [0.25, 0.3) is 5.91 Å². The Balaban J connectivity index is 1.41. The maximum atomic E-state index is 12.8. The number of carbonyl (C=O) groups is 2. The first-order chi connectivity index (χ1) is 14.5. The minimum atomic E-state index is -0.274. The van der Waals surface area contributed by atoms with Crippen LogP contribution in [0.2, 0.25) is 0 Å². The predicted octanol–water partition coefficient (Wildman–Crippen LogP) is 3.27. The summed E-state index contributed by atoms with van der Waals surface area (Å²) in [7, 11) is 3.19. The second kappa shape index (κ2) is 8.52. The van der Waals surface area contributed by atoms with E-state index in [1.54, 1.807) is 50.6 Å². The number of methoxy groups -OCH3 is 1. The van der Waals surface area contributed by atoms with E-state index in [9.17, 15) is 9.59 Å². The molecule has 3 aromatic rings. The molecule has 0 unspecified atom stereocenters. The van der Waals surface area contributed by atoms with Crippen LogP contribution in [0.1, 0.15) is 42.1 Å². The van der Waals surface area contributed by atoms with E-state index < -0.39 is 0 Å². The van der Waals surface area contributed by atoms with Crippen molar-refractivity contribution in [3.05, 3.63) is 48.0 Å². The first kappa shape index (κ1) is 19.9. The molecule has 30 heavy (non-hydrogen) atoms. The van der Waals surface area contributed by atoms with E-state index >= 15 is 0 Å². The third-order valence-electron chi connectivity index (χ3n) is 5.49. The zero-order valence-corrected chi connectivity index (χ0v) is 17.2. The van der Waals surface area contributed by atoms with Gasteiger partial charge in [0.2, 0.25) is 5.91 Å². The molecular formula is C22H25N5O3. The van der Waals surface area contributed by atoms with Crippen LogP contribution in [0.4, 0.5) is 5.69 Å². The van der Waals surface area contributed by atoms with E-state index in [1.807, 2.05) is 10.7 Å². The number of fused-ring (bicyclic) bond motifs is 1. The molecule has 0 atom stereocenters. The number of benzene rings is 2. The number of amides is 2. The maximum absolute atomic E-state index is 12.8. The van der Waals surface area contributed by atoms with E-state index in [-0.39, 0.29) is 18.4 Å². The Hall–Kier alpha value is -3.42. The molecule has 2 amide bonds. The van der Waals surface area contributed by atoms with Crippen molar-refractivity contribution in [3.63, 3.8) is 0 Å². The highest BCUT2D eigenvalue weighted by molar-refractivity contribution is 6.00. The van der Waals surface area contributed by atoms with Gasteiger partial charge < -0.3 is 15.0 Å². The fourth-order valence-electron chi connectivity index (χ4n) is 3.88. The highest BCUT2D eigenvalue weighted by Crippen LogP contribution is 2.31. The third-order valence-corrected chi connectivity index (χ3v) is 5.49. The number of hydrogen-bond acceptors (Lipinski definition) is 5. The molecular weight excluding hydrogens is 382 g/mol. The Morgan fingerprint density at radius 2 is 1.90 bits per heavy atom. The first-order valence-corrected chi connectivity index (χ1v) is 10.1. The molecule has 0 radical (unpaired) electrons. The Bertz CT molecular complexity index is 1050. The Morgan fingerprint density at radius 1 is 1.17 bits per heavy atom. The molecule has 0 aliphatic heterocycles. The van der Waals surface area contributed by atoms with E-state index in [0.717, 1.165) is 18.4 Å². The first-order valence-electron chi connectivity index (χ1n) is 10.1. The second-order valence-corrected chi connectivity index (χ2v) is 7.61. The number of nitrogens with zero attached hydrogens (tertiary/aromatic N) is 4. The molecule has 0 spiro atoms. The molecule has 1 aliphatic carbocycles. The summed E-state index contributed by atoms with van der Waals surface area (Å²) in [4.78, 5) is 26.5. The van der Waals surface area contributed by atoms with E-state index in [1.165, 1.54) is 17.7 Å². The third kappa shape index (κ3) is 4.12. The maximum Gasteiger partial charge on any atom is 0.254 e. The van der Waals surface area contributed by atoms with E-state index in [2.05, 4.69) is 15.6 Å². The molecule has 156 valence electrons. The van der Waals surface area contributed by atoms with Crippen LogP contribution in [0.15, 0.2) is 42.5 Å². The highest BCUT2D eigenvalue weighted by Gasteiger charge is 2.21. The number of rotatable bonds is 6. The molecule has 0 saturated heterocycles. The average molecular weight is 407 g/mol. The molecule has 8 nitrogen and oxygen atoms in total. The molecule has 4 rings (SSSR count). The van der Waals surface area contributed by atoms with Gasteiger partial charge in [-0.15, -0.1) is 5.10 Å². The lowest BCUT2D eigenvalue weighted by Crippen LogP contribution is -2.34. The van der Waals surface area contributed by atoms with Gasteiger partial charge in [-0.05, 0) is 55.3 Å². The fourth-order valence-corrected chi connectivity index (χ4v) is 3.88. The van der Waals surface area contributed by atoms with Crippen LogP contribution in [0.3, 0.4) is 0 Å². The van der Waals surface area contributed by atoms with Gasteiger partial charge in [-0.3, -0.25) is 9.59 Å². The van der Waals surface area contributed by atoms with Gasteiger partial charge in [0.1, 0.15) is 11.3 Å². The normalized spacial score (nSPS) is 14.1. The topological polar surface area (TPSA) is 89.3 Å². The van der Waals surface area contributed by atoms with Crippen LogP contribution in [0.5, 0.6) is 5.75 Å². The molecule has 1 saturated carbocycles. The van der Waals surface area contributed by atoms with Crippen LogP contribution >= 0.6 is 0 Å². The lowest BCUT2D eigenvalue weighted by atomic mass is 10.1. The SMILES string of the molecule is COc1ccc(NC(=O)CN(C)C(=O)c2ccc3c(c2)nnn3C2CCCC2)cc1. The standard InChI is InChI=1S/C22H25N5O3/c1-26(14-21(28)23-16-8-10-18(30-2)11-9-16)22(29)15-7-12-20-19(13-15)24-25-27(20)17-5-3-4-6-17/h7-13,17H,3-6,14H2,1-2H3,(H,23,28). The van der Waals surface area contributed by atoms with Crippen LogP contribution in [0.25, 0.3) is 11.0 Å². The summed E-state index contributed by atoms with van der Waals surface area (Å²) in [6, 6.07) is 12.8. The second-order valence-electron chi connectivity index (χ2n) is 7.61. The summed E-state index contributed by atoms with van der Waals surface area (Å²) < 4.78 is 7.08. The summed E-state index contributed by atoms with van der Waals surface area (Å²) in [5.74, 6) is 0.196. The smallest absolute Gasteiger partial charge is 0.254 e. The van der Waals surface area contributed by atoms with Gasteiger partial charge in [-0.1, -0.05) is 18.1 Å². The van der Waals surface area contributed by atoms with Gasteiger partial charge in [0, 0.05) is 18.3 Å². The van der Waals surface area contributed by atoms with Gasteiger partial charge in [-0.2, -0.15) is 0 Å². The van der Waals surface area contributed by atoms with Crippen molar-refractivity contribution in [2.45, 2.75) is 31.7 Å². The molecule has 8 heteroatoms. The van der Waals surface area contributed by atoms with Crippen LogP contribution < -0.4 is 10.1 Å². The Morgan fingerprint density at radius 3 is 2.60 bits per heavy atom. The number of nitrogens with one attached hydrogen (secondary N) is 1. The zero-order valence-electron chi connectivity index (χ0n) is 17.2. The number of anilines is 1. The van der Waals surface area contributed by atoms with Crippen molar-refractivity contribution in [1.29, 1.82) is 0 Å². The van der Waals surface area contributed by atoms with Crippen molar-refractivity contribution in [2.75, 3.05) is 26.0 Å². The Labute approximate surface area is 174 Å². The molecule has 1 aromatic heterocycles. The zero-order chi connectivity index (χ0) is 21.1. The van der Waals surface area contributed by atoms with Crippen LogP contribution in [-0.2, 0) is 4.79 Å². The predicted molar refractivity (Wildman–Crippen MR) is 114 cm³/mol. The molecule has 0 bridgehead atoms. The number of likely N-dealkylation sites (N-methyl/N-ethyl adjacent to an activating group) is 1. The lowest BCUT2D eigenvalue weighted by Gasteiger charge is -2.17. The Kier molecular flexibility index (Phi) is 5.65. The summed E-state index contributed by atoms with van der Waals surface area (Å²) in [6.07, 6.45) is 4.66. The largest absolute Gasteiger partial charge is 0.497 e. The summed E-state index contributed by atoms with van der Waals surface area (Å²) in [5.41, 5.74) is 2.77. The molecule has 1 N–H and O–H groups in total. The quantitative estimate of drug-likeness (QED) is 0.677. The van der Waals surface area contributed by atoms with Crippen molar-refractivity contribution in [1.82, 2.24) is 19.9 Å². The highest BCUT2D eigenvalue weighted by atomic mass is 16.5. The summed E-state index contributed by atoms with van der Waals surface area (Å²) in [6.45, 7) is -0.0579. The van der Waals surface area contributed by atoms with Gasteiger partial charge in [0.15, 0.2) is 0 Å². The van der Waals surface area contributed by atoms with Crippen LogP contribution in [0, 0.1) is 0 Å². The van der Waals surface area contributed by atoms with E-state index in [4.69, 9.17) is 4.74 Å².